The van der Waals surface area contributed by atoms with Crippen molar-refractivity contribution < 1.29 is 9.53 Å². The van der Waals surface area contributed by atoms with Crippen molar-refractivity contribution in [2.24, 2.45) is 0 Å². The van der Waals surface area contributed by atoms with Crippen molar-refractivity contribution in [3.8, 4) is 11.4 Å². The Bertz CT molecular complexity index is 652. The van der Waals surface area contributed by atoms with Gasteiger partial charge in [0.05, 0.1) is 36.0 Å². The smallest absolute Gasteiger partial charge is 0.152 e. The molecule has 0 aliphatic carbocycles. The van der Waals surface area contributed by atoms with Crippen LogP contribution in [0.25, 0.3) is 11.4 Å². The van der Waals surface area contributed by atoms with E-state index in [4.69, 9.17) is 4.74 Å². The fraction of sp³-hybridized carbons (Fsp3) is 0.375. The molecule has 0 unspecified atom stereocenters. The van der Waals surface area contributed by atoms with Gasteiger partial charge >= 0.3 is 0 Å². The van der Waals surface area contributed by atoms with Crippen LogP contribution in [-0.2, 0) is 4.74 Å². The monoisotopic (exact) mass is 298 g/mol. The first-order valence-electron chi connectivity index (χ1n) is 7.29. The SMILES string of the molecule is C[C@@H]1CN(c2cnc(-c3cnccn3)cc2C=O)C[C@H](C)O1. The number of aldehydes is 1. The van der Waals surface area contributed by atoms with E-state index in [0.29, 0.717) is 17.0 Å². The number of rotatable bonds is 3. The average molecular weight is 298 g/mol. The molecule has 0 aromatic carbocycles. The van der Waals surface area contributed by atoms with Gasteiger partial charge in [0.15, 0.2) is 6.29 Å². The molecule has 0 bridgehead atoms. The standard InChI is InChI=1S/C16H18N4O2/c1-11-8-20(9-12(2)22-11)16-7-19-14(5-13(16)10-21)15-6-17-3-4-18-15/h3-7,10-12H,8-9H2,1-2H3/t11-,12+. The van der Waals surface area contributed by atoms with Crippen molar-refractivity contribution in [1.82, 2.24) is 15.0 Å². The van der Waals surface area contributed by atoms with Crippen LogP contribution >= 0.6 is 0 Å². The predicted octanol–water partition coefficient (Wildman–Crippen LogP) is 1.96. The van der Waals surface area contributed by atoms with E-state index < -0.39 is 0 Å². The summed E-state index contributed by atoms with van der Waals surface area (Å²) >= 11 is 0. The number of aromatic nitrogens is 3. The molecule has 0 amide bonds. The Balaban J connectivity index is 1.94. The summed E-state index contributed by atoms with van der Waals surface area (Å²) in [7, 11) is 0. The van der Waals surface area contributed by atoms with E-state index in [2.05, 4.69) is 19.9 Å². The number of hydrogen-bond acceptors (Lipinski definition) is 6. The number of nitrogens with zero attached hydrogens (tertiary/aromatic N) is 4. The van der Waals surface area contributed by atoms with Crippen LogP contribution in [0.4, 0.5) is 5.69 Å². The molecule has 0 radical (unpaired) electrons. The lowest BCUT2D eigenvalue weighted by atomic mass is 10.1. The maximum atomic E-state index is 11.5. The summed E-state index contributed by atoms with van der Waals surface area (Å²) in [6, 6.07) is 1.76. The second kappa shape index (κ2) is 6.19. The summed E-state index contributed by atoms with van der Waals surface area (Å²) in [4.78, 5) is 26.3. The molecule has 2 atom stereocenters. The van der Waals surface area contributed by atoms with Gasteiger partial charge in [-0.3, -0.25) is 19.7 Å². The molecule has 6 heteroatoms. The number of anilines is 1. The second-order valence-electron chi connectivity index (χ2n) is 5.50. The van der Waals surface area contributed by atoms with Gasteiger partial charge in [0.2, 0.25) is 0 Å². The Morgan fingerprint density at radius 2 is 1.91 bits per heavy atom. The van der Waals surface area contributed by atoms with Gasteiger partial charge in [0.25, 0.3) is 0 Å². The Morgan fingerprint density at radius 1 is 1.14 bits per heavy atom. The lowest BCUT2D eigenvalue weighted by Crippen LogP contribution is -2.45. The van der Waals surface area contributed by atoms with Gasteiger partial charge in [-0.15, -0.1) is 0 Å². The van der Waals surface area contributed by atoms with Crippen molar-refractivity contribution >= 4 is 12.0 Å². The zero-order valence-corrected chi connectivity index (χ0v) is 12.6. The Hall–Kier alpha value is -2.34. The molecule has 2 aromatic heterocycles. The van der Waals surface area contributed by atoms with E-state index in [1.165, 1.54) is 0 Å². The van der Waals surface area contributed by atoms with Crippen LogP contribution in [0.3, 0.4) is 0 Å². The molecule has 1 aliphatic rings. The van der Waals surface area contributed by atoms with Gasteiger partial charge < -0.3 is 9.64 Å². The summed E-state index contributed by atoms with van der Waals surface area (Å²) in [5, 5.41) is 0. The zero-order valence-electron chi connectivity index (χ0n) is 12.6. The summed E-state index contributed by atoms with van der Waals surface area (Å²) in [6.07, 6.45) is 7.70. The first-order chi connectivity index (χ1) is 10.7. The second-order valence-corrected chi connectivity index (χ2v) is 5.50. The molecule has 0 N–H and O–H groups in total. The van der Waals surface area contributed by atoms with Gasteiger partial charge in [0.1, 0.15) is 5.69 Å². The minimum atomic E-state index is 0.128. The van der Waals surface area contributed by atoms with Gasteiger partial charge in [-0.25, -0.2) is 0 Å². The third kappa shape index (κ3) is 2.96. The fourth-order valence-electron chi connectivity index (χ4n) is 2.77. The Kier molecular flexibility index (Phi) is 4.11. The van der Waals surface area contributed by atoms with E-state index in [9.17, 15) is 4.79 Å². The molecule has 0 spiro atoms. The molecule has 0 saturated carbocycles. The summed E-state index contributed by atoms with van der Waals surface area (Å²) < 4.78 is 5.74. The molecule has 3 rings (SSSR count). The van der Waals surface area contributed by atoms with Gasteiger partial charge in [-0.2, -0.15) is 0 Å². The lowest BCUT2D eigenvalue weighted by molar-refractivity contribution is -0.00527. The number of carbonyl (C=O) groups is 1. The summed E-state index contributed by atoms with van der Waals surface area (Å²) in [5.74, 6) is 0. The molecule has 22 heavy (non-hydrogen) atoms. The number of hydrogen-bond donors (Lipinski definition) is 0. The van der Waals surface area contributed by atoms with Gasteiger partial charge in [0, 0.05) is 31.0 Å². The molecular formula is C16H18N4O2. The predicted molar refractivity (Wildman–Crippen MR) is 82.9 cm³/mol. The number of pyridine rings is 1. The van der Waals surface area contributed by atoms with E-state index >= 15 is 0 Å². The number of morpholine rings is 1. The van der Waals surface area contributed by atoms with Crippen molar-refractivity contribution in [2.75, 3.05) is 18.0 Å². The van der Waals surface area contributed by atoms with Crippen LogP contribution in [0.15, 0.2) is 30.9 Å². The first-order valence-corrected chi connectivity index (χ1v) is 7.29. The first kappa shape index (κ1) is 14.6. The molecule has 2 aromatic rings. The van der Waals surface area contributed by atoms with Crippen LogP contribution in [0.1, 0.15) is 24.2 Å². The molecule has 3 heterocycles. The minimum absolute atomic E-state index is 0.128. The van der Waals surface area contributed by atoms with Crippen molar-refractivity contribution in [3.05, 3.63) is 36.4 Å². The third-order valence-corrected chi connectivity index (χ3v) is 3.63. The van der Waals surface area contributed by atoms with Crippen molar-refractivity contribution in [1.29, 1.82) is 0 Å². The summed E-state index contributed by atoms with van der Waals surface area (Å²) in [6.45, 7) is 5.56. The summed E-state index contributed by atoms with van der Waals surface area (Å²) in [5.41, 5.74) is 2.75. The van der Waals surface area contributed by atoms with Crippen molar-refractivity contribution in [2.45, 2.75) is 26.1 Å². The molecule has 1 fully saturated rings. The maximum absolute atomic E-state index is 11.5. The highest BCUT2D eigenvalue weighted by atomic mass is 16.5. The maximum Gasteiger partial charge on any atom is 0.152 e. The average Bonchev–Trinajstić information content (AvgIpc) is 2.54. The highest BCUT2D eigenvalue weighted by Gasteiger charge is 2.24. The molecule has 114 valence electrons. The van der Waals surface area contributed by atoms with Crippen LogP contribution in [-0.4, -0.2) is 46.5 Å². The third-order valence-electron chi connectivity index (χ3n) is 3.63. The number of ether oxygens (including phenoxy) is 1. The van der Waals surface area contributed by atoms with E-state index in [1.807, 2.05) is 13.8 Å². The van der Waals surface area contributed by atoms with Crippen molar-refractivity contribution in [3.63, 3.8) is 0 Å². The lowest BCUT2D eigenvalue weighted by Gasteiger charge is -2.37. The Morgan fingerprint density at radius 3 is 2.55 bits per heavy atom. The van der Waals surface area contributed by atoms with Crippen LogP contribution < -0.4 is 4.90 Å². The van der Waals surface area contributed by atoms with Crippen LogP contribution in [0, 0.1) is 0 Å². The van der Waals surface area contributed by atoms with Crippen LogP contribution in [0.5, 0.6) is 0 Å². The molecule has 6 nitrogen and oxygen atoms in total. The Labute approximate surface area is 129 Å². The number of carbonyl (C=O) groups excluding carboxylic acids is 1. The topological polar surface area (TPSA) is 68.2 Å². The van der Waals surface area contributed by atoms with Crippen LogP contribution in [0.2, 0.25) is 0 Å². The van der Waals surface area contributed by atoms with Gasteiger partial charge in [-0.05, 0) is 19.9 Å². The minimum Gasteiger partial charge on any atom is -0.372 e. The molecule has 1 saturated heterocycles. The fourth-order valence-corrected chi connectivity index (χ4v) is 2.77. The molecular weight excluding hydrogens is 280 g/mol. The molecule has 1 aliphatic heterocycles. The van der Waals surface area contributed by atoms with E-state index in [0.717, 1.165) is 25.1 Å². The largest absolute Gasteiger partial charge is 0.372 e. The van der Waals surface area contributed by atoms with Gasteiger partial charge in [-0.1, -0.05) is 0 Å². The van der Waals surface area contributed by atoms with E-state index in [-0.39, 0.29) is 12.2 Å². The quantitative estimate of drug-likeness (QED) is 0.807. The highest BCUT2D eigenvalue weighted by Crippen LogP contribution is 2.25. The highest BCUT2D eigenvalue weighted by molar-refractivity contribution is 5.86. The normalized spacial score (nSPS) is 21.6. The zero-order chi connectivity index (χ0) is 15.5. The van der Waals surface area contributed by atoms with E-state index in [1.54, 1.807) is 30.9 Å².